The molecule has 1 aromatic heterocycles. The van der Waals surface area contributed by atoms with Crippen LogP contribution in [-0.4, -0.2) is 45.0 Å². The van der Waals surface area contributed by atoms with Crippen molar-refractivity contribution in [2.45, 2.75) is 24.7 Å². The molecule has 2 heterocycles. The number of sulfone groups is 2. The highest BCUT2D eigenvalue weighted by molar-refractivity contribution is 7.92. The Bertz CT molecular complexity index is 709. The van der Waals surface area contributed by atoms with E-state index in [2.05, 4.69) is 9.69 Å². The zero-order valence-electron chi connectivity index (χ0n) is 11.7. The van der Waals surface area contributed by atoms with Crippen LogP contribution in [0.15, 0.2) is 4.90 Å². The summed E-state index contributed by atoms with van der Waals surface area (Å²) in [5.74, 6) is 0.369. The van der Waals surface area contributed by atoms with Crippen molar-refractivity contribution < 1.29 is 16.8 Å². The molecule has 2 rings (SSSR count). The van der Waals surface area contributed by atoms with Gasteiger partial charge in [0.25, 0.3) is 0 Å². The summed E-state index contributed by atoms with van der Waals surface area (Å²) in [5.41, 5.74) is 5.67. The Labute approximate surface area is 128 Å². The Balaban J connectivity index is 2.12. The molecule has 1 aliphatic rings. The topological polar surface area (TPSA) is 119 Å². The van der Waals surface area contributed by atoms with Crippen molar-refractivity contribution in [2.24, 2.45) is 5.92 Å². The van der Waals surface area contributed by atoms with E-state index in [1.807, 2.05) is 0 Å². The lowest BCUT2D eigenvalue weighted by Crippen LogP contribution is -2.17. The van der Waals surface area contributed by atoms with E-state index in [0.717, 1.165) is 11.5 Å². The minimum atomic E-state index is -3.45. The quantitative estimate of drug-likeness (QED) is 0.774. The molecule has 1 atom stereocenters. The van der Waals surface area contributed by atoms with Crippen LogP contribution in [0.5, 0.6) is 0 Å². The van der Waals surface area contributed by atoms with Gasteiger partial charge in [-0.1, -0.05) is 6.92 Å². The molecule has 1 saturated heterocycles. The van der Waals surface area contributed by atoms with Gasteiger partial charge in [-0.15, -0.1) is 0 Å². The van der Waals surface area contributed by atoms with Crippen molar-refractivity contribution in [3.05, 3.63) is 0 Å². The second-order valence-electron chi connectivity index (χ2n) is 5.19. The monoisotopic (exact) mass is 353 g/mol. The third kappa shape index (κ3) is 3.86. The highest BCUT2D eigenvalue weighted by Gasteiger charge is 2.29. The molecule has 0 aromatic carbocycles. The molecule has 0 saturated carbocycles. The summed E-state index contributed by atoms with van der Waals surface area (Å²) >= 11 is 0.997. The second-order valence-corrected chi connectivity index (χ2v) is 10.2. The van der Waals surface area contributed by atoms with Crippen molar-refractivity contribution in [1.29, 1.82) is 0 Å². The molecule has 0 bridgehead atoms. The summed E-state index contributed by atoms with van der Waals surface area (Å²) in [6.07, 6.45) is 1.10. The second kappa shape index (κ2) is 6.09. The zero-order valence-corrected chi connectivity index (χ0v) is 14.2. The van der Waals surface area contributed by atoms with Gasteiger partial charge in [-0.05, 0) is 30.3 Å². The number of nitrogens with zero attached hydrogens (tertiary/aromatic N) is 1. The normalized spacial score (nSPS) is 21.5. The number of aromatic nitrogens is 1. The fourth-order valence-electron chi connectivity index (χ4n) is 2.35. The maximum absolute atomic E-state index is 12.2. The van der Waals surface area contributed by atoms with Gasteiger partial charge in [0.2, 0.25) is 0 Å². The van der Waals surface area contributed by atoms with Gasteiger partial charge in [0, 0.05) is 6.54 Å². The largest absolute Gasteiger partial charge is 0.382 e. The molecule has 0 aliphatic carbocycles. The van der Waals surface area contributed by atoms with E-state index in [1.165, 1.54) is 0 Å². The van der Waals surface area contributed by atoms with Crippen LogP contribution in [0.2, 0.25) is 0 Å². The van der Waals surface area contributed by atoms with Gasteiger partial charge < -0.3 is 11.1 Å². The first-order chi connectivity index (χ1) is 9.75. The molecular formula is C11H19N3O4S3. The molecule has 120 valence electrons. The van der Waals surface area contributed by atoms with E-state index >= 15 is 0 Å². The molecule has 1 aliphatic heterocycles. The van der Waals surface area contributed by atoms with Gasteiger partial charge in [-0.25, -0.2) is 16.8 Å². The van der Waals surface area contributed by atoms with Crippen molar-refractivity contribution in [2.75, 3.05) is 34.9 Å². The van der Waals surface area contributed by atoms with Crippen LogP contribution in [0.25, 0.3) is 0 Å². The minimum absolute atomic E-state index is 0.0000497. The van der Waals surface area contributed by atoms with Gasteiger partial charge in [0.1, 0.15) is 9.90 Å². The summed E-state index contributed by atoms with van der Waals surface area (Å²) in [6.45, 7) is 2.19. The van der Waals surface area contributed by atoms with Crippen LogP contribution in [0.1, 0.15) is 19.8 Å². The van der Waals surface area contributed by atoms with E-state index < -0.39 is 19.7 Å². The molecule has 10 heteroatoms. The Kier molecular flexibility index (Phi) is 4.79. The van der Waals surface area contributed by atoms with Gasteiger partial charge in [-0.2, -0.15) is 4.37 Å². The summed E-state index contributed by atoms with van der Waals surface area (Å²) in [7, 11) is -6.39. The standard InChI is InChI=1S/C11H19N3O4S3/c1-2-4-21(17,18)9-10(12)14-19-11(9)13-6-8-3-5-20(15,16)7-8/h8,13H,2-7H2,1H3,(H2,12,14). The van der Waals surface area contributed by atoms with Crippen LogP contribution >= 0.6 is 11.5 Å². The molecular weight excluding hydrogens is 334 g/mol. The van der Waals surface area contributed by atoms with E-state index in [1.54, 1.807) is 6.92 Å². The van der Waals surface area contributed by atoms with Crippen LogP contribution in [-0.2, 0) is 19.7 Å². The van der Waals surface area contributed by atoms with Crippen LogP contribution in [0.4, 0.5) is 10.8 Å². The van der Waals surface area contributed by atoms with Crippen molar-refractivity contribution >= 4 is 42.0 Å². The summed E-state index contributed by atoms with van der Waals surface area (Å²) in [6, 6.07) is 0. The van der Waals surface area contributed by atoms with E-state index in [0.29, 0.717) is 24.4 Å². The molecule has 21 heavy (non-hydrogen) atoms. The van der Waals surface area contributed by atoms with Crippen molar-refractivity contribution in [3.63, 3.8) is 0 Å². The molecule has 7 nitrogen and oxygen atoms in total. The number of hydrogen-bond acceptors (Lipinski definition) is 8. The fourth-order valence-corrected chi connectivity index (χ4v) is 6.84. The Morgan fingerprint density at radius 2 is 2.19 bits per heavy atom. The van der Waals surface area contributed by atoms with Crippen LogP contribution in [0, 0.1) is 5.92 Å². The van der Waals surface area contributed by atoms with Crippen molar-refractivity contribution in [3.8, 4) is 0 Å². The lowest BCUT2D eigenvalue weighted by molar-refractivity contribution is 0.592. The van der Waals surface area contributed by atoms with E-state index in [-0.39, 0.29) is 33.9 Å². The predicted molar refractivity (Wildman–Crippen MR) is 84.1 cm³/mol. The van der Waals surface area contributed by atoms with Gasteiger partial charge >= 0.3 is 0 Å². The smallest absolute Gasteiger partial charge is 0.185 e. The Morgan fingerprint density at radius 3 is 2.76 bits per heavy atom. The molecule has 1 unspecified atom stereocenters. The van der Waals surface area contributed by atoms with Crippen LogP contribution < -0.4 is 11.1 Å². The lowest BCUT2D eigenvalue weighted by Gasteiger charge is -2.11. The lowest BCUT2D eigenvalue weighted by atomic mass is 10.1. The average molecular weight is 353 g/mol. The minimum Gasteiger partial charge on any atom is -0.382 e. The fraction of sp³-hybridized carbons (Fsp3) is 0.727. The Morgan fingerprint density at radius 1 is 1.48 bits per heavy atom. The third-order valence-electron chi connectivity index (χ3n) is 3.34. The molecule has 3 N–H and O–H groups in total. The van der Waals surface area contributed by atoms with Gasteiger partial charge in [0.15, 0.2) is 25.5 Å². The number of hydrogen-bond donors (Lipinski definition) is 2. The van der Waals surface area contributed by atoms with Gasteiger partial charge in [0.05, 0.1) is 17.3 Å². The number of nitrogen functional groups attached to an aromatic ring is 1. The van der Waals surface area contributed by atoms with Crippen LogP contribution in [0.3, 0.4) is 0 Å². The number of anilines is 2. The summed E-state index contributed by atoms with van der Waals surface area (Å²) in [4.78, 5) is 0.0511. The predicted octanol–water partition coefficient (Wildman–Crippen LogP) is 0.756. The van der Waals surface area contributed by atoms with E-state index in [9.17, 15) is 16.8 Å². The molecule has 0 amide bonds. The third-order valence-corrected chi connectivity index (χ3v) is 8.10. The van der Waals surface area contributed by atoms with Crippen molar-refractivity contribution in [1.82, 2.24) is 4.37 Å². The summed E-state index contributed by atoms with van der Waals surface area (Å²) < 4.78 is 51.1. The van der Waals surface area contributed by atoms with Gasteiger partial charge in [-0.3, -0.25) is 0 Å². The average Bonchev–Trinajstić information content (AvgIpc) is 2.90. The number of rotatable bonds is 6. The molecule has 0 radical (unpaired) electrons. The SMILES string of the molecule is CCCS(=O)(=O)c1c(N)nsc1NCC1CCS(=O)(=O)C1. The first-order valence-corrected chi connectivity index (χ1v) is 10.9. The highest BCUT2D eigenvalue weighted by Crippen LogP contribution is 2.33. The number of nitrogens with one attached hydrogen (secondary N) is 1. The van der Waals surface area contributed by atoms with E-state index in [4.69, 9.17) is 5.73 Å². The molecule has 0 spiro atoms. The molecule has 1 aromatic rings. The maximum Gasteiger partial charge on any atom is 0.185 e. The first-order valence-electron chi connectivity index (χ1n) is 6.67. The molecule has 1 fully saturated rings. The Hall–Kier alpha value is -0.870. The zero-order chi connectivity index (χ0) is 15.7. The highest BCUT2D eigenvalue weighted by atomic mass is 32.2. The first kappa shape index (κ1) is 16.5. The summed E-state index contributed by atoms with van der Waals surface area (Å²) in [5, 5.41) is 3.42. The number of nitrogens with two attached hydrogens (primary N) is 1. The maximum atomic E-state index is 12.2.